The van der Waals surface area contributed by atoms with Crippen LogP contribution in [-0.4, -0.2) is 47.5 Å². The zero-order valence-electron chi connectivity index (χ0n) is 19.0. The van der Waals surface area contributed by atoms with Gasteiger partial charge in [0.2, 0.25) is 0 Å². The number of anilines is 1. The van der Waals surface area contributed by atoms with Crippen LogP contribution in [0.15, 0.2) is 41.8 Å². The molecular weight excluding hydrogens is 472 g/mol. The molecule has 1 saturated heterocycles. The highest BCUT2D eigenvalue weighted by Gasteiger charge is 2.32. The van der Waals surface area contributed by atoms with E-state index in [4.69, 9.17) is 9.72 Å². The Balaban J connectivity index is 1.66. The van der Waals surface area contributed by atoms with Gasteiger partial charge in [-0.1, -0.05) is 12.1 Å². The summed E-state index contributed by atoms with van der Waals surface area (Å²) in [6.07, 6.45) is 0.521. The van der Waals surface area contributed by atoms with E-state index in [2.05, 4.69) is 10.3 Å². The molecule has 4 heterocycles. The number of carbonyl (C=O) groups is 1. The summed E-state index contributed by atoms with van der Waals surface area (Å²) in [6.45, 7) is 3.77. The molecule has 8 nitrogen and oxygen atoms in total. The Kier molecular flexibility index (Phi) is 5.65. The number of carbonyl (C=O) groups excluding carboxylic acids is 1. The third kappa shape index (κ3) is 4.07. The van der Waals surface area contributed by atoms with E-state index in [1.165, 1.54) is 11.3 Å². The number of thiophene rings is 1. The molecule has 1 N–H and O–H groups in total. The minimum absolute atomic E-state index is 0.0674. The van der Waals surface area contributed by atoms with Crippen molar-refractivity contribution in [3.63, 3.8) is 0 Å². The van der Waals surface area contributed by atoms with Crippen LogP contribution in [-0.2, 0) is 9.84 Å². The number of aromatic nitrogens is 3. The number of pyridine rings is 1. The first-order chi connectivity index (χ1) is 16.3. The Morgan fingerprint density at radius 1 is 1.21 bits per heavy atom. The average Bonchev–Trinajstić information content (AvgIpc) is 3.51. The van der Waals surface area contributed by atoms with Crippen LogP contribution in [0.1, 0.15) is 34.3 Å². The molecule has 0 aliphatic carbocycles. The fourth-order valence-corrected chi connectivity index (χ4v) is 6.84. The quantitative estimate of drug-likeness (QED) is 0.439. The molecule has 1 unspecified atom stereocenters. The molecule has 3 aromatic heterocycles. The van der Waals surface area contributed by atoms with Crippen LogP contribution in [0.3, 0.4) is 0 Å². The van der Waals surface area contributed by atoms with E-state index < -0.39 is 15.7 Å². The summed E-state index contributed by atoms with van der Waals surface area (Å²) in [5.74, 6) is 1.01. The van der Waals surface area contributed by atoms with E-state index in [0.717, 1.165) is 10.4 Å². The number of rotatable bonds is 5. The molecule has 0 radical (unpaired) electrons. The van der Waals surface area contributed by atoms with Gasteiger partial charge >= 0.3 is 0 Å². The largest absolute Gasteiger partial charge is 0.495 e. The lowest BCUT2D eigenvalue weighted by molar-refractivity contribution is 0.102. The lowest BCUT2D eigenvalue weighted by Gasteiger charge is -2.15. The molecule has 1 atom stereocenters. The maximum absolute atomic E-state index is 13.5. The van der Waals surface area contributed by atoms with Crippen molar-refractivity contribution in [2.24, 2.45) is 0 Å². The second-order valence-corrected chi connectivity index (χ2v) is 11.6. The van der Waals surface area contributed by atoms with E-state index in [0.29, 0.717) is 40.4 Å². The Morgan fingerprint density at radius 2 is 2.03 bits per heavy atom. The van der Waals surface area contributed by atoms with Gasteiger partial charge in [-0.05, 0) is 55.5 Å². The van der Waals surface area contributed by atoms with Crippen molar-refractivity contribution >= 4 is 43.8 Å². The number of amides is 1. The van der Waals surface area contributed by atoms with Gasteiger partial charge in [0.05, 0.1) is 46.4 Å². The molecule has 0 bridgehead atoms. The summed E-state index contributed by atoms with van der Waals surface area (Å²) in [6, 6.07) is 11.1. The number of imidazole rings is 1. The Bertz CT molecular complexity index is 1510. The minimum Gasteiger partial charge on any atom is -0.495 e. The van der Waals surface area contributed by atoms with Gasteiger partial charge in [0.1, 0.15) is 17.1 Å². The number of hydrogen-bond donors (Lipinski definition) is 1. The standard InChI is InChI=1S/C24H24N4O4S2/c1-14-6-7-20(32-3)17(11-14)27-24(29)23-22-19(12-18(26-23)21-5-4-9-33-21)28(15(2)25-22)16-8-10-34(30,31)13-16/h4-7,9,11-12,16H,8,10,13H2,1-3H3,(H,27,29). The molecule has 0 spiro atoms. The number of nitrogens with zero attached hydrogens (tertiary/aromatic N) is 3. The van der Waals surface area contributed by atoms with Gasteiger partial charge in [-0.2, -0.15) is 0 Å². The Labute approximate surface area is 201 Å². The van der Waals surface area contributed by atoms with Crippen LogP contribution in [0.25, 0.3) is 21.6 Å². The molecule has 1 aliphatic rings. The molecule has 1 amide bonds. The molecule has 0 saturated carbocycles. The van der Waals surface area contributed by atoms with Crippen LogP contribution in [0.5, 0.6) is 5.75 Å². The molecule has 5 rings (SSSR count). The fourth-order valence-electron chi connectivity index (χ4n) is 4.46. The summed E-state index contributed by atoms with van der Waals surface area (Å²) in [7, 11) is -1.54. The maximum Gasteiger partial charge on any atom is 0.276 e. The van der Waals surface area contributed by atoms with Gasteiger partial charge in [0.25, 0.3) is 5.91 Å². The molecule has 1 fully saturated rings. The monoisotopic (exact) mass is 496 g/mol. The van der Waals surface area contributed by atoms with E-state index in [1.54, 1.807) is 13.2 Å². The van der Waals surface area contributed by atoms with Crippen molar-refractivity contribution < 1.29 is 17.9 Å². The summed E-state index contributed by atoms with van der Waals surface area (Å²) in [5, 5.41) is 4.88. The number of nitrogens with one attached hydrogen (secondary N) is 1. The highest BCUT2D eigenvalue weighted by molar-refractivity contribution is 7.91. The zero-order chi connectivity index (χ0) is 24.0. The summed E-state index contributed by atoms with van der Waals surface area (Å²) < 4.78 is 31.7. The highest BCUT2D eigenvalue weighted by atomic mass is 32.2. The van der Waals surface area contributed by atoms with Crippen LogP contribution in [0.2, 0.25) is 0 Å². The Hall–Kier alpha value is -3.24. The molecule has 1 aromatic carbocycles. The first-order valence-corrected chi connectivity index (χ1v) is 13.6. The lowest BCUT2D eigenvalue weighted by atomic mass is 10.1. The molecular formula is C24H24N4O4S2. The molecule has 1 aliphatic heterocycles. The number of benzene rings is 1. The van der Waals surface area contributed by atoms with Crippen LogP contribution >= 0.6 is 11.3 Å². The van der Waals surface area contributed by atoms with Crippen molar-refractivity contribution in [2.75, 3.05) is 23.9 Å². The summed E-state index contributed by atoms with van der Waals surface area (Å²) in [5.41, 5.74) is 3.51. The van der Waals surface area contributed by atoms with Gasteiger partial charge in [-0.15, -0.1) is 11.3 Å². The van der Waals surface area contributed by atoms with E-state index in [-0.39, 0.29) is 23.2 Å². The van der Waals surface area contributed by atoms with Gasteiger partial charge in [0, 0.05) is 0 Å². The number of aryl methyl sites for hydroxylation is 2. The average molecular weight is 497 g/mol. The number of hydrogen-bond acceptors (Lipinski definition) is 7. The molecule has 34 heavy (non-hydrogen) atoms. The van der Waals surface area contributed by atoms with Crippen molar-refractivity contribution in [3.05, 3.63) is 58.9 Å². The number of fused-ring (bicyclic) bond motifs is 1. The topological polar surface area (TPSA) is 103 Å². The fraction of sp³-hybridized carbons (Fsp3) is 0.292. The molecule has 4 aromatic rings. The maximum atomic E-state index is 13.5. The highest BCUT2D eigenvalue weighted by Crippen LogP contribution is 2.34. The van der Waals surface area contributed by atoms with Crippen molar-refractivity contribution in [1.82, 2.24) is 14.5 Å². The van der Waals surface area contributed by atoms with Crippen molar-refractivity contribution in [1.29, 1.82) is 0 Å². The summed E-state index contributed by atoms with van der Waals surface area (Å²) >= 11 is 1.52. The molecule has 10 heteroatoms. The SMILES string of the molecule is COc1ccc(C)cc1NC(=O)c1nc(-c2cccs2)cc2c1nc(C)n2C1CCS(=O)(=O)C1. The van der Waals surface area contributed by atoms with Crippen LogP contribution in [0, 0.1) is 13.8 Å². The van der Waals surface area contributed by atoms with Gasteiger partial charge in [0.15, 0.2) is 15.5 Å². The third-order valence-electron chi connectivity index (χ3n) is 6.02. The number of sulfone groups is 1. The predicted molar refractivity (Wildman–Crippen MR) is 134 cm³/mol. The van der Waals surface area contributed by atoms with E-state index in [1.807, 2.05) is 54.1 Å². The summed E-state index contributed by atoms with van der Waals surface area (Å²) in [4.78, 5) is 23.8. The normalized spacial score (nSPS) is 17.2. The number of ether oxygens (including phenoxy) is 1. The number of methoxy groups -OCH3 is 1. The second kappa shape index (κ2) is 8.52. The minimum atomic E-state index is -3.09. The second-order valence-electron chi connectivity index (χ2n) is 8.44. The van der Waals surface area contributed by atoms with Crippen LogP contribution in [0.4, 0.5) is 5.69 Å². The Morgan fingerprint density at radius 3 is 2.71 bits per heavy atom. The van der Waals surface area contributed by atoms with Gasteiger partial charge < -0.3 is 14.6 Å². The van der Waals surface area contributed by atoms with E-state index >= 15 is 0 Å². The van der Waals surface area contributed by atoms with Crippen molar-refractivity contribution in [3.8, 4) is 16.3 Å². The smallest absolute Gasteiger partial charge is 0.276 e. The lowest BCUT2D eigenvalue weighted by Crippen LogP contribution is -2.16. The molecule has 176 valence electrons. The van der Waals surface area contributed by atoms with Crippen LogP contribution < -0.4 is 10.1 Å². The first kappa shape index (κ1) is 22.5. The van der Waals surface area contributed by atoms with Crippen molar-refractivity contribution in [2.45, 2.75) is 26.3 Å². The first-order valence-electron chi connectivity index (χ1n) is 10.9. The van der Waals surface area contributed by atoms with Gasteiger partial charge in [-0.25, -0.2) is 18.4 Å². The predicted octanol–water partition coefficient (Wildman–Crippen LogP) is 4.40. The van der Waals surface area contributed by atoms with Gasteiger partial charge in [-0.3, -0.25) is 4.79 Å². The zero-order valence-corrected chi connectivity index (χ0v) is 20.7. The third-order valence-corrected chi connectivity index (χ3v) is 8.66. The van der Waals surface area contributed by atoms with E-state index in [9.17, 15) is 13.2 Å².